The van der Waals surface area contributed by atoms with Crippen LogP contribution in [0, 0.1) is 0 Å². The summed E-state index contributed by atoms with van der Waals surface area (Å²) in [6, 6.07) is 18.0. The molecule has 23 heavy (non-hydrogen) atoms. The first-order valence-corrected chi connectivity index (χ1v) is 8.00. The van der Waals surface area contributed by atoms with Crippen molar-refractivity contribution in [2.24, 2.45) is 0 Å². The zero-order valence-electron chi connectivity index (χ0n) is 13.4. The average Bonchev–Trinajstić information content (AvgIpc) is 3.10. The Morgan fingerprint density at radius 2 is 2.04 bits per heavy atom. The Bertz CT molecular complexity index is 657. The topological polar surface area (TPSA) is 41.6 Å². The van der Waals surface area contributed by atoms with E-state index in [1.165, 1.54) is 0 Å². The molecule has 4 heteroatoms. The number of carbonyl (C=O) groups is 1. The quantitative estimate of drug-likeness (QED) is 0.919. The molecule has 120 valence electrons. The number of benzene rings is 2. The Hall–Kier alpha value is -2.49. The van der Waals surface area contributed by atoms with Crippen LogP contribution in [0.2, 0.25) is 0 Å². The van der Waals surface area contributed by atoms with Gasteiger partial charge in [0.2, 0.25) is 5.91 Å². The molecule has 1 saturated heterocycles. The highest BCUT2D eigenvalue weighted by Crippen LogP contribution is 2.33. The third kappa shape index (κ3) is 3.65. The van der Waals surface area contributed by atoms with Crippen molar-refractivity contribution < 1.29 is 9.53 Å². The molecule has 4 nitrogen and oxygen atoms in total. The van der Waals surface area contributed by atoms with Gasteiger partial charge in [0.05, 0.1) is 19.7 Å². The highest BCUT2D eigenvalue weighted by atomic mass is 16.5. The molecule has 0 aliphatic carbocycles. The average molecular weight is 310 g/mol. The maximum Gasteiger partial charge on any atom is 0.242 e. The van der Waals surface area contributed by atoms with Gasteiger partial charge in [0.15, 0.2) is 0 Å². The highest BCUT2D eigenvalue weighted by molar-refractivity contribution is 5.81. The van der Waals surface area contributed by atoms with Crippen LogP contribution in [0.3, 0.4) is 0 Å². The number of para-hydroxylation sites is 1. The summed E-state index contributed by atoms with van der Waals surface area (Å²) in [5, 5.41) is 3.20. The lowest BCUT2D eigenvalue weighted by Crippen LogP contribution is -2.35. The number of nitrogens with zero attached hydrogens (tertiary/aromatic N) is 1. The minimum atomic E-state index is 0.138. The zero-order valence-corrected chi connectivity index (χ0v) is 13.4. The minimum Gasteiger partial charge on any atom is -0.497 e. The Labute approximate surface area is 137 Å². The summed E-state index contributed by atoms with van der Waals surface area (Å²) in [7, 11) is 1.67. The molecule has 1 aliphatic rings. The maximum atomic E-state index is 12.6. The number of hydrogen-bond acceptors (Lipinski definition) is 3. The van der Waals surface area contributed by atoms with E-state index in [-0.39, 0.29) is 11.9 Å². The third-order valence-corrected chi connectivity index (χ3v) is 4.27. The van der Waals surface area contributed by atoms with Gasteiger partial charge in [-0.15, -0.1) is 0 Å². The van der Waals surface area contributed by atoms with Gasteiger partial charge in [0.1, 0.15) is 5.75 Å². The van der Waals surface area contributed by atoms with Crippen LogP contribution in [0.4, 0.5) is 5.69 Å². The number of hydrogen-bond donors (Lipinski definition) is 1. The van der Waals surface area contributed by atoms with E-state index in [1.807, 2.05) is 53.4 Å². The van der Waals surface area contributed by atoms with E-state index in [2.05, 4.69) is 11.4 Å². The van der Waals surface area contributed by atoms with E-state index in [1.54, 1.807) is 7.11 Å². The predicted octanol–water partition coefficient (Wildman–Crippen LogP) is 3.47. The molecule has 0 aromatic heterocycles. The van der Waals surface area contributed by atoms with Gasteiger partial charge in [0, 0.05) is 12.2 Å². The van der Waals surface area contributed by atoms with E-state index >= 15 is 0 Å². The molecule has 0 bridgehead atoms. The normalized spacial score (nSPS) is 17.1. The minimum absolute atomic E-state index is 0.138. The fourth-order valence-corrected chi connectivity index (χ4v) is 3.10. The van der Waals surface area contributed by atoms with Crippen molar-refractivity contribution in [2.75, 3.05) is 25.5 Å². The van der Waals surface area contributed by atoms with Crippen LogP contribution in [0.5, 0.6) is 5.75 Å². The Morgan fingerprint density at radius 3 is 2.83 bits per heavy atom. The molecular weight excluding hydrogens is 288 g/mol. The molecule has 3 rings (SSSR count). The Kier molecular flexibility index (Phi) is 4.81. The molecule has 1 heterocycles. The summed E-state index contributed by atoms with van der Waals surface area (Å²) < 4.78 is 5.30. The van der Waals surface area contributed by atoms with Crippen LogP contribution in [0.15, 0.2) is 54.6 Å². The van der Waals surface area contributed by atoms with Crippen LogP contribution < -0.4 is 10.1 Å². The van der Waals surface area contributed by atoms with Crippen LogP contribution >= 0.6 is 0 Å². The van der Waals surface area contributed by atoms with Gasteiger partial charge in [0.25, 0.3) is 0 Å². The smallest absolute Gasteiger partial charge is 0.242 e. The molecule has 1 atom stereocenters. The van der Waals surface area contributed by atoms with Crippen LogP contribution in [0.1, 0.15) is 24.4 Å². The van der Waals surface area contributed by atoms with Crippen molar-refractivity contribution >= 4 is 11.6 Å². The van der Waals surface area contributed by atoms with Gasteiger partial charge in [-0.2, -0.15) is 0 Å². The van der Waals surface area contributed by atoms with Gasteiger partial charge in [-0.05, 0) is 42.7 Å². The Balaban J connectivity index is 1.67. The first kappa shape index (κ1) is 15.4. The summed E-state index contributed by atoms with van der Waals surface area (Å²) >= 11 is 0. The number of ether oxygens (including phenoxy) is 1. The monoisotopic (exact) mass is 310 g/mol. The number of amides is 1. The van der Waals surface area contributed by atoms with Crippen LogP contribution in [-0.4, -0.2) is 31.0 Å². The fraction of sp³-hybridized carbons (Fsp3) is 0.316. The van der Waals surface area contributed by atoms with E-state index in [9.17, 15) is 4.79 Å². The van der Waals surface area contributed by atoms with Crippen molar-refractivity contribution in [2.45, 2.75) is 18.9 Å². The molecular formula is C19H22N2O2. The maximum absolute atomic E-state index is 12.6. The molecule has 1 fully saturated rings. The lowest BCUT2D eigenvalue weighted by Gasteiger charge is -2.25. The third-order valence-electron chi connectivity index (χ3n) is 4.27. The van der Waals surface area contributed by atoms with Crippen molar-refractivity contribution in [1.82, 2.24) is 4.90 Å². The molecule has 1 aliphatic heterocycles. The number of nitrogens with one attached hydrogen (secondary N) is 1. The SMILES string of the molecule is COc1cccc(C2CCCN2C(=O)CNc2ccccc2)c1. The predicted molar refractivity (Wildman–Crippen MR) is 91.6 cm³/mol. The van der Waals surface area contributed by atoms with E-state index in [4.69, 9.17) is 4.74 Å². The van der Waals surface area contributed by atoms with Gasteiger partial charge in [-0.3, -0.25) is 4.79 Å². The summed E-state index contributed by atoms with van der Waals surface area (Å²) in [6.45, 7) is 1.14. The van der Waals surface area contributed by atoms with Crippen LogP contribution in [0.25, 0.3) is 0 Å². The number of carbonyl (C=O) groups excluding carboxylic acids is 1. The second-order valence-corrected chi connectivity index (χ2v) is 5.74. The number of rotatable bonds is 5. The van der Waals surface area contributed by atoms with E-state index < -0.39 is 0 Å². The molecule has 2 aromatic carbocycles. The van der Waals surface area contributed by atoms with E-state index in [0.717, 1.165) is 36.4 Å². The number of anilines is 1. The van der Waals surface area contributed by atoms with Crippen molar-refractivity contribution in [3.8, 4) is 5.75 Å². The summed E-state index contributed by atoms with van der Waals surface area (Å²) in [6.07, 6.45) is 2.04. The van der Waals surface area contributed by atoms with Gasteiger partial charge in [-0.1, -0.05) is 30.3 Å². The molecule has 0 saturated carbocycles. The van der Waals surface area contributed by atoms with Crippen molar-refractivity contribution in [3.63, 3.8) is 0 Å². The molecule has 0 spiro atoms. The molecule has 1 unspecified atom stereocenters. The standard InChI is InChI=1S/C19H22N2O2/c1-23-17-10-5-7-15(13-17)18-11-6-12-21(18)19(22)14-20-16-8-3-2-4-9-16/h2-5,7-10,13,18,20H,6,11-12,14H2,1H3. The molecule has 1 amide bonds. The summed E-state index contributed by atoms with van der Waals surface area (Å²) in [5.41, 5.74) is 2.12. The molecule has 0 radical (unpaired) electrons. The van der Waals surface area contributed by atoms with Gasteiger partial charge < -0.3 is 15.0 Å². The largest absolute Gasteiger partial charge is 0.497 e. The fourth-order valence-electron chi connectivity index (χ4n) is 3.10. The van der Waals surface area contributed by atoms with Crippen molar-refractivity contribution in [3.05, 3.63) is 60.2 Å². The lowest BCUT2D eigenvalue weighted by molar-refractivity contribution is -0.130. The summed E-state index contributed by atoms with van der Waals surface area (Å²) in [4.78, 5) is 14.6. The van der Waals surface area contributed by atoms with Gasteiger partial charge >= 0.3 is 0 Å². The zero-order chi connectivity index (χ0) is 16.1. The lowest BCUT2D eigenvalue weighted by atomic mass is 10.0. The number of likely N-dealkylation sites (tertiary alicyclic amines) is 1. The first-order valence-electron chi connectivity index (χ1n) is 8.00. The van der Waals surface area contributed by atoms with Crippen LogP contribution in [-0.2, 0) is 4.79 Å². The van der Waals surface area contributed by atoms with Crippen molar-refractivity contribution in [1.29, 1.82) is 0 Å². The Morgan fingerprint density at radius 1 is 1.22 bits per heavy atom. The molecule has 2 aromatic rings. The number of methoxy groups -OCH3 is 1. The second kappa shape index (κ2) is 7.18. The molecule has 1 N–H and O–H groups in total. The summed E-state index contributed by atoms with van der Waals surface area (Å²) in [5.74, 6) is 0.975. The van der Waals surface area contributed by atoms with E-state index in [0.29, 0.717) is 6.54 Å². The highest BCUT2D eigenvalue weighted by Gasteiger charge is 2.29. The second-order valence-electron chi connectivity index (χ2n) is 5.74. The van der Waals surface area contributed by atoms with Gasteiger partial charge in [-0.25, -0.2) is 0 Å². The first-order chi connectivity index (χ1) is 11.3.